The highest BCUT2D eigenvalue weighted by molar-refractivity contribution is 5.97. The van der Waals surface area contributed by atoms with Crippen molar-refractivity contribution in [3.8, 4) is 11.1 Å². The van der Waals surface area contributed by atoms with Gasteiger partial charge in [-0.05, 0) is 83.7 Å². The van der Waals surface area contributed by atoms with Crippen molar-refractivity contribution in [2.75, 3.05) is 27.8 Å². The van der Waals surface area contributed by atoms with Gasteiger partial charge in [-0.1, -0.05) is 182 Å². The van der Waals surface area contributed by atoms with Crippen molar-refractivity contribution in [3.63, 3.8) is 0 Å². The van der Waals surface area contributed by atoms with E-state index >= 15 is 0 Å². The molecule has 4 amide bonds. The Morgan fingerprint density at radius 1 is 0.679 bits per heavy atom. The van der Waals surface area contributed by atoms with Crippen molar-refractivity contribution >= 4 is 41.2 Å². The molecule has 4 bridgehead atoms. The van der Waals surface area contributed by atoms with Gasteiger partial charge in [-0.2, -0.15) is 0 Å². The summed E-state index contributed by atoms with van der Waals surface area (Å²) in [5, 5.41) is 5.79. The molecule has 1 aliphatic heterocycles. The lowest BCUT2D eigenvalue weighted by Crippen LogP contribution is -2.54. The third-order valence-corrected chi connectivity index (χ3v) is 15.4. The number of esters is 1. The topological polar surface area (TPSA) is 168 Å². The van der Waals surface area contributed by atoms with E-state index in [4.69, 9.17) is 9.47 Å². The zero-order valence-corrected chi connectivity index (χ0v) is 47.7. The van der Waals surface area contributed by atoms with Gasteiger partial charge in [-0.15, -0.1) is 0 Å². The molecule has 5 atom stereocenters. The Morgan fingerprint density at radius 3 is 1.87 bits per heavy atom. The van der Waals surface area contributed by atoms with E-state index in [1.54, 1.807) is 14.0 Å². The maximum atomic E-state index is 14.6. The Hall–Kier alpha value is -6.47. The average molecular weight is 1070 g/mol. The van der Waals surface area contributed by atoms with E-state index in [9.17, 15) is 33.6 Å². The number of ether oxygens (including phenoxy) is 2. The van der Waals surface area contributed by atoms with Crippen molar-refractivity contribution < 1.29 is 43.0 Å². The lowest BCUT2D eigenvalue weighted by molar-refractivity contribution is -0.145. The number of ketones is 2. The first-order chi connectivity index (χ1) is 37.6. The van der Waals surface area contributed by atoms with Crippen LogP contribution in [0.4, 0.5) is 0 Å². The number of benzene rings is 4. The van der Waals surface area contributed by atoms with Crippen LogP contribution in [0.3, 0.4) is 0 Å². The van der Waals surface area contributed by atoms with Gasteiger partial charge in [-0.3, -0.25) is 28.8 Å². The van der Waals surface area contributed by atoms with E-state index in [0.717, 1.165) is 58.2 Å². The largest absolute Gasteiger partial charge is 0.467 e. The fraction of sp³-hybridized carbons (Fsp3) is 0.523. The number of rotatable bonds is 30. The molecular formula is C65H88N4O9. The highest BCUT2D eigenvalue weighted by Gasteiger charge is 2.35. The summed E-state index contributed by atoms with van der Waals surface area (Å²) < 4.78 is 11.2. The van der Waals surface area contributed by atoms with E-state index < -0.39 is 59.6 Å². The predicted octanol–water partition coefficient (Wildman–Crippen LogP) is 11.3. The molecular weight excluding hydrogens is 981 g/mol. The van der Waals surface area contributed by atoms with Crippen molar-refractivity contribution in [2.24, 2.45) is 5.92 Å². The molecule has 1 heterocycles. The van der Waals surface area contributed by atoms with Crippen LogP contribution >= 0.6 is 0 Å². The number of amides is 4. The summed E-state index contributed by atoms with van der Waals surface area (Å²) in [5.41, 5.74) is 6.82. The summed E-state index contributed by atoms with van der Waals surface area (Å²) in [4.78, 5) is 101. The van der Waals surface area contributed by atoms with E-state index in [1.165, 1.54) is 81.7 Å². The summed E-state index contributed by atoms with van der Waals surface area (Å²) >= 11 is 0. The Balaban J connectivity index is 1.31. The Morgan fingerprint density at radius 2 is 1.26 bits per heavy atom. The van der Waals surface area contributed by atoms with E-state index in [2.05, 4.69) is 17.6 Å². The third-order valence-electron chi connectivity index (χ3n) is 15.4. The van der Waals surface area contributed by atoms with Gasteiger partial charge in [0.2, 0.25) is 23.6 Å². The zero-order chi connectivity index (χ0) is 56.4. The van der Waals surface area contributed by atoms with Gasteiger partial charge < -0.3 is 29.9 Å². The number of nitrogens with zero attached hydrogens (tertiary/aromatic N) is 2. The van der Waals surface area contributed by atoms with Gasteiger partial charge in [0.15, 0.2) is 11.6 Å². The molecule has 0 spiro atoms. The normalized spacial score (nSPS) is 16.3. The Kier molecular flexibility index (Phi) is 26.5. The van der Waals surface area contributed by atoms with Crippen molar-refractivity contribution in [1.29, 1.82) is 0 Å². The van der Waals surface area contributed by atoms with Crippen LogP contribution in [-0.4, -0.2) is 96.9 Å². The van der Waals surface area contributed by atoms with Crippen molar-refractivity contribution in [2.45, 2.75) is 187 Å². The SMILES string of the molecule is CCCCCCCCCCCCCCCC(=O)N(C)[C@H](COCc1ccccc1)C(=O)N[C@H](CCc1ccccc1)C(=O)CCC(=O)N(C)[C@@H]1C(=O)C[C@@H](C)C(=O)N[C@H](C(=O)OC)Cc2ccc(C)c(c2)-c2cc1ccc2C. The second-order valence-corrected chi connectivity index (χ2v) is 21.6. The zero-order valence-electron chi connectivity index (χ0n) is 47.7. The molecule has 0 aromatic heterocycles. The van der Waals surface area contributed by atoms with Gasteiger partial charge >= 0.3 is 5.97 Å². The molecule has 0 saturated heterocycles. The van der Waals surface area contributed by atoms with E-state index in [1.807, 2.05) is 111 Å². The molecule has 2 N–H and O–H groups in total. The second-order valence-electron chi connectivity index (χ2n) is 21.6. The summed E-state index contributed by atoms with van der Waals surface area (Å²) in [6, 6.07) is 26.5. The minimum Gasteiger partial charge on any atom is -0.467 e. The van der Waals surface area contributed by atoms with Crippen LogP contribution in [0.1, 0.15) is 169 Å². The molecule has 0 saturated carbocycles. The third kappa shape index (κ3) is 19.8. The van der Waals surface area contributed by atoms with Gasteiger partial charge in [-0.25, -0.2) is 4.79 Å². The summed E-state index contributed by atoms with van der Waals surface area (Å²) in [6.45, 7) is 7.91. The molecule has 13 heteroatoms. The van der Waals surface area contributed by atoms with Crippen LogP contribution < -0.4 is 10.6 Å². The highest BCUT2D eigenvalue weighted by Crippen LogP contribution is 2.34. The Labute approximate surface area is 465 Å². The quantitative estimate of drug-likeness (QED) is 0.0381. The van der Waals surface area contributed by atoms with Crippen LogP contribution in [0.5, 0.6) is 0 Å². The smallest absolute Gasteiger partial charge is 0.328 e. The maximum absolute atomic E-state index is 14.6. The number of Topliss-reactive ketones (excluding diaryl/α,β-unsaturated/α-hetero) is 2. The van der Waals surface area contributed by atoms with Crippen LogP contribution in [0, 0.1) is 19.8 Å². The minimum atomic E-state index is -1.12. The number of methoxy groups -OCH3 is 1. The molecule has 4 aromatic rings. The minimum absolute atomic E-state index is 0.0995. The fourth-order valence-corrected chi connectivity index (χ4v) is 10.3. The van der Waals surface area contributed by atoms with Crippen molar-refractivity contribution in [3.05, 3.63) is 130 Å². The number of nitrogens with one attached hydrogen (secondary N) is 2. The molecule has 78 heavy (non-hydrogen) atoms. The number of fused-ring (bicyclic) bond motifs is 5. The van der Waals surface area contributed by atoms with Gasteiger partial charge in [0, 0.05) is 52.1 Å². The number of carbonyl (C=O) groups excluding carboxylic acids is 7. The molecule has 1 aliphatic rings. The number of likely N-dealkylation sites (N-methyl/N-ethyl adjacent to an activating group) is 2. The van der Waals surface area contributed by atoms with E-state index in [0.29, 0.717) is 18.4 Å². The number of unbranched alkanes of at least 4 members (excludes halogenated alkanes) is 12. The summed E-state index contributed by atoms with van der Waals surface area (Å²) in [5.74, 6) is -3.95. The Bertz CT molecular complexity index is 2570. The first kappa shape index (κ1) is 62.4. The van der Waals surface area contributed by atoms with Gasteiger partial charge in [0.05, 0.1) is 26.4 Å². The average Bonchev–Trinajstić information content (AvgIpc) is 3.44. The first-order valence-electron chi connectivity index (χ1n) is 28.7. The van der Waals surface area contributed by atoms with Gasteiger partial charge in [0.25, 0.3) is 0 Å². The predicted molar refractivity (Wildman–Crippen MR) is 307 cm³/mol. The second kappa shape index (κ2) is 33.1. The number of hydrogen-bond acceptors (Lipinski definition) is 9. The van der Waals surface area contributed by atoms with Crippen LogP contribution in [0.25, 0.3) is 11.1 Å². The maximum Gasteiger partial charge on any atom is 0.328 e. The molecule has 0 fully saturated rings. The fourth-order valence-electron chi connectivity index (χ4n) is 10.3. The first-order valence-corrected chi connectivity index (χ1v) is 28.7. The molecule has 13 nitrogen and oxygen atoms in total. The molecule has 0 unspecified atom stereocenters. The van der Waals surface area contributed by atoms with E-state index in [-0.39, 0.29) is 63.4 Å². The van der Waals surface area contributed by atoms with Crippen LogP contribution in [0.15, 0.2) is 97.1 Å². The summed E-state index contributed by atoms with van der Waals surface area (Å²) in [7, 11) is 4.41. The lowest BCUT2D eigenvalue weighted by Gasteiger charge is -2.30. The van der Waals surface area contributed by atoms with Crippen LogP contribution in [-0.2, 0) is 62.5 Å². The highest BCUT2D eigenvalue weighted by atomic mass is 16.5. The number of hydrogen-bond donors (Lipinski definition) is 2. The molecule has 5 rings (SSSR count). The lowest BCUT2D eigenvalue weighted by atomic mass is 9.87. The van der Waals surface area contributed by atoms with Gasteiger partial charge in [0.1, 0.15) is 18.1 Å². The molecule has 0 aliphatic carbocycles. The number of aryl methyl sites for hydroxylation is 3. The standard InChI is InChI=1S/C65H88N4O9/c1-8-9-10-11-12-13-14-15-16-17-18-19-26-31-60(72)68(5)57(45-78-44-50-29-24-21-25-30-50)64(75)66-55(37-35-49-27-22-20-23-28-49)58(70)38-39-61(73)69(6)62-52-36-33-47(3)54(43-52)53-41-51(34-32-46(53)2)42-56(65(76)77-7)67-63(74)48(4)40-59(62)71/h20-25,27-30,32-34,36,41,43,48,55-57,62H,8-19,26,31,35,37-40,42,44-45H2,1-7H3,(H,66,75)(H,67,74)/t48-,55-,56+,57-,62+/m1/s1. The van der Waals surface area contributed by atoms with Crippen LogP contribution in [0.2, 0.25) is 0 Å². The molecule has 422 valence electrons. The number of carbonyl (C=O) groups is 7. The molecule has 0 radical (unpaired) electrons. The van der Waals surface area contributed by atoms with Crippen molar-refractivity contribution in [1.82, 2.24) is 20.4 Å². The monoisotopic (exact) mass is 1070 g/mol. The summed E-state index contributed by atoms with van der Waals surface area (Å²) in [6.07, 6.45) is 15.8. The molecule has 4 aromatic carbocycles.